The molecule has 0 aliphatic heterocycles. The van der Waals surface area contributed by atoms with Crippen LogP contribution in [0.15, 0.2) is 36.2 Å². The lowest BCUT2D eigenvalue weighted by atomic mass is 9.45. The van der Waals surface area contributed by atoms with Crippen molar-refractivity contribution in [3.63, 3.8) is 0 Å². The number of pyridine rings is 1. The van der Waals surface area contributed by atoms with Crippen molar-refractivity contribution in [2.75, 3.05) is 6.61 Å². The Hall–Kier alpha value is -2.35. The van der Waals surface area contributed by atoms with Crippen molar-refractivity contribution in [3.8, 4) is 5.82 Å². The molecule has 2 aromatic rings. The SMILES string of the molecule is C[C@@H]1CC2C3CCC4=Cc5c(cnn5-c5ccccn5)CC4(C)C3C(O)CC2(C)[C@@]1(O)C(=O)CO. The average molecular weight is 478 g/mol. The van der Waals surface area contributed by atoms with E-state index in [9.17, 15) is 20.1 Å². The summed E-state index contributed by atoms with van der Waals surface area (Å²) in [7, 11) is 0. The molecule has 0 spiro atoms. The molecule has 6 rings (SSSR count). The maximum absolute atomic E-state index is 12.8. The number of allylic oxidation sites excluding steroid dienone is 1. The van der Waals surface area contributed by atoms with E-state index in [2.05, 4.69) is 23.1 Å². The molecule has 0 aromatic carbocycles. The molecule has 4 aliphatic carbocycles. The van der Waals surface area contributed by atoms with Gasteiger partial charge >= 0.3 is 0 Å². The van der Waals surface area contributed by atoms with Gasteiger partial charge in [-0.2, -0.15) is 5.10 Å². The van der Waals surface area contributed by atoms with Gasteiger partial charge in [-0.3, -0.25) is 4.79 Å². The number of hydrogen-bond acceptors (Lipinski definition) is 6. The monoisotopic (exact) mass is 477 g/mol. The highest BCUT2D eigenvalue weighted by Gasteiger charge is 2.70. The Morgan fingerprint density at radius 3 is 2.80 bits per heavy atom. The highest BCUT2D eigenvalue weighted by atomic mass is 16.3. The van der Waals surface area contributed by atoms with E-state index >= 15 is 0 Å². The van der Waals surface area contributed by atoms with Crippen LogP contribution in [0, 0.1) is 34.5 Å². The van der Waals surface area contributed by atoms with Gasteiger partial charge in [0.2, 0.25) is 0 Å². The standard InChI is InChI=1S/C28H35N3O4/c1-16-10-20-19-8-7-18-11-21-17(14-30-31(21)24-6-4-5-9-29-24)12-26(18,2)25(19)22(33)13-27(20,3)28(16,35)23(34)15-32/h4-6,9,11,14,16,19-20,22,25,32-33,35H,7-8,10,12-13,15H2,1-3H3/t16-,19?,20?,22?,25?,26?,27?,28+/m1/s1. The third-order valence-corrected chi connectivity index (χ3v) is 10.4. The number of hydrogen-bond donors (Lipinski definition) is 3. The van der Waals surface area contributed by atoms with Crippen molar-refractivity contribution in [2.24, 2.45) is 34.5 Å². The molecule has 0 radical (unpaired) electrons. The van der Waals surface area contributed by atoms with Crippen LogP contribution in [-0.4, -0.2) is 54.2 Å². The lowest BCUT2D eigenvalue weighted by Crippen LogP contribution is -2.63. The molecular weight excluding hydrogens is 442 g/mol. The van der Waals surface area contributed by atoms with Gasteiger partial charge in [0, 0.05) is 11.6 Å². The van der Waals surface area contributed by atoms with Crippen LogP contribution in [0.5, 0.6) is 0 Å². The number of aliphatic hydroxyl groups is 3. The third kappa shape index (κ3) is 2.86. The molecule has 0 saturated heterocycles. The quantitative estimate of drug-likeness (QED) is 0.627. The molecule has 186 valence electrons. The summed E-state index contributed by atoms with van der Waals surface area (Å²) >= 11 is 0. The normalized spacial score (nSPS) is 41.9. The summed E-state index contributed by atoms with van der Waals surface area (Å²) in [5.41, 5.74) is 1.03. The molecule has 0 bridgehead atoms. The molecule has 3 saturated carbocycles. The topological polar surface area (TPSA) is 108 Å². The molecule has 35 heavy (non-hydrogen) atoms. The third-order valence-electron chi connectivity index (χ3n) is 10.4. The van der Waals surface area contributed by atoms with E-state index in [0.29, 0.717) is 6.42 Å². The Labute approximate surface area is 205 Å². The van der Waals surface area contributed by atoms with Crippen molar-refractivity contribution in [1.29, 1.82) is 0 Å². The van der Waals surface area contributed by atoms with Crippen molar-refractivity contribution < 1.29 is 20.1 Å². The number of rotatable bonds is 3. The van der Waals surface area contributed by atoms with Crippen LogP contribution in [0.2, 0.25) is 0 Å². The second-order valence-electron chi connectivity index (χ2n) is 11.9. The van der Waals surface area contributed by atoms with Crippen LogP contribution < -0.4 is 0 Å². The van der Waals surface area contributed by atoms with Gasteiger partial charge in [-0.15, -0.1) is 0 Å². The molecule has 8 atom stereocenters. The Morgan fingerprint density at radius 1 is 1.29 bits per heavy atom. The zero-order valence-corrected chi connectivity index (χ0v) is 20.7. The van der Waals surface area contributed by atoms with Gasteiger partial charge in [-0.1, -0.05) is 32.4 Å². The predicted octanol–water partition coefficient (Wildman–Crippen LogP) is 2.96. The Balaban J connectivity index is 1.39. The first-order valence-electron chi connectivity index (χ1n) is 12.9. The summed E-state index contributed by atoms with van der Waals surface area (Å²) in [6.45, 7) is 5.51. The lowest BCUT2D eigenvalue weighted by molar-refractivity contribution is -0.186. The molecular formula is C28H35N3O4. The second kappa shape index (κ2) is 7.58. The van der Waals surface area contributed by atoms with Gasteiger partial charge in [-0.25, -0.2) is 9.67 Å². The number of carbonyl (C=O) groups excluding carboxylic acids is 1. The summed E-state index contributed by atoms with van der Waals surface area (Å²) in [6, 6.07) is 5.81. The van der Waals surface area contributed by atoms with Gasteiger partial charge in [0.15, 0.2) is 11.6 Å². The minimum Gasteiger partial charge on any atom is -0.393 e. The Bertz CT molecular complexity index is 1210. The molecule has 6 unspecified atom stereocenters. The summed E-state index contributed by atoms with van der Waals surface area (Å²) < 4.78 is 1.90. The van der Waals surface area contributed by atoms with Crippen LogP contribution in [0.25, 0.3) is 11.9 Å². The summed E-state index contributed by atoms with van der Waals surface area (Å²) in [4.78, 5) is 17.3. The molecule has 2 aromatic heterocycles. The minimum atomic E-state index is -1.60. The van der Waals surface area contributed by atoms with Gasteiger partial charge in [0.25, 0.3) is 0 Å². The summed E-state index contributed by atoms with van der Waals surface area (Å²) in [5, 5.41) is 37.7. The fourth-order valence-corrected chi connectivity index (χ4v) is 8.89. The number of ketones is 1. The van der Waals surface area contributed by atoms with Gasteiger partial charge < -0.3 is 15.3 Å². The van der Waals surface area contributed by atoms with E-state index in [1.54, 1.807) is 6.20 Å². The van der Waals surface area contributed by atoms with Crippen molar-refractivity contribution in [2.45, 2.75) is 64.6 Å². The molecule has 3 fully saturated rings. The molecule has 7 nitrogen and oxygen atoms in total. The Morgan fingerprint density at radius 2 is 2.09 bits per heavy atom. The minimum absolute atomic E-state index is 0.0469. The zero-order chi connectivity index (χ0) is 24.8. The number of aromatic nitrogens is 3. The van der Waals surface area contributed by atoms with Crippen LogP contribution in [-0.2, 0) is 11.2 Å². The van der Waals surface area contributed by atoms with Crippen LogP contribution in [0.1, 0.15) is 57.7 Å². The average Bonchev–Trinajstić information content (AvgIpc) is 3.33. The van der Waals surface area contributed by atoms with Crippen LogP contribution in [0.4, 0.5) is 0 Å². The number of carbonyl (C=O) groups is 1. The maximum atomic E-state index is 12.8. The fraction of sp³-hybridized carbons (Fsp3) is 0.607. The zero-order valence-electron chi connectivity index (χ0n) is 20.7. The molecule has 3 N–H and O–H groups in total. The number of Topliss-reactive ketones (excluding diaryl/α,β-unsaturated/α-hetero) is 1. The summed E-state index contributed by atoms with van der Waals surface area (Å²) in [6.07, 6.45) is 9.09. The van der Waals surface area contributed by atoms with Crippen molar-refractivity contribution in [1.82, 2.24) is 14.8 Å². The van der Waals surface area contributed by atoms with Crippen LogP contribution in [0.3, 0.4) is 0 Å². The molecule has 2 heterocycles. The second-order valence-corrected chi connectivity index (χ2v) is 11.9. The van der Waals surface area contributed by atoms with E-state index in [1.165, 1.54) is 5.57 Å². The van der Waals surface area contributed by atoms with Crippen LogP contribution >= 0.6 is 0 Å². The van der Waals surface area contributed by atoms with E-state index in [-0.39, 0.29) is 29.1 Å². The highest BCUT2D eigenvalue weighted by molar-refractivity contribution is 5.90. The van der Waals surface area contributed by atoms with Gasteiger partial charge in [0.05, 0.1) is 18.0 Å². The van der Waals surface area contributed by atoms with Gasteiger partial charge in [-0.05, 0) is 85.0 Å². The molecule has 7 heteroatoms. The van der Waals surface area contributed by atoms with E-state index in [4.69, 9.17) is 0 Å². The largest absolute Gasteiger partial charge is 0.393 e. The first-order valence-corrected chi connectivity index (χ1v) is 12.9. The first-order chi connectivity index (χ1) is 16.6. The number of aliphatic hydroxyl groups excluding tert-OH is 2. The Kier molecular flexibility index (Phi) is 4.99. The maximum Gasteiger partial charge on any atom is 0.190 e. The number of nitrogens with zero attached hydrogens (tertiary/aromatic N) is 3. The van der Waals surface area contributed by atoms with Crippen molar-refractivity contribution in [3.05, 3.63) is 47.4 Å². The van der Waals surface area contributed by atoms with E-state index < -0.39 is 29.5 Å². The van der Waals surface area contributed by atoms with Crippen molar-refractivity contribution >= 4 is 11.9 Å². The summed E-state index contributed by atoms with van der Waals surface area (Å²) in [5.74, 6) is 0.424. The predicted molar refractivity (Wildman–Crippen MR) is 130 cm³/mol. The molecule has 0 amide bonds. The fourth-order valence-electron chi connectivity index (χ4n) is 8.89. The first kappa shape index (κ1) is 23.1. The smallest absolute Gasteiger partial charge is 0.190 e. The number of fused-ring (bicyclic) bond motifs is 6. The highest BCUT2D eigenvalue weighted by Crippen LogP contribution is 2.68. The lowest BCUT2D eigenvalue weighted by Gasteiger charge is -2.60. The molecule has 4 aliphatic rings. The van der Waals surface area contributed by atoms with E-state index in [0.717, 1.165) is 42.8 Å². The van der Waals surface area contributed by atoms with Gasteiger partial charge in [0.1, 0.15) is 12.2 Å². The van der Waals surface area contributed by atoms with E-state index in [1.807, 2.05) is 42.9 Å².